The van der Waals surface area contributed by atoms with Crippen LogP contribution < -0.4 is 9.47 Å². The molecule has 0 atom stereocenters. The fraction of sp³-hybridized carbons (Fsp3) is 0.375. The maximum Gasteiger partial charge on any atom is 0.166 e. The van der Waals surface area contributed by atoms with Crippen molar-refractivity contribution in [3.8, 4) is 22.6 Å². The Hall–Kier alpha value is -3.21. The largest absolute Gasteiger partial charge is 0.494 e. The van der Waals surface area contributed by atoms with Crippen molar-refractivity contribution in [1.82, 2.24) is 0 Å². The van der Waals surface area contributed by atoms with E-state index < -0.39 is 11.6 Å². The van der Waals surface area contributed by atoms with E-state index in [0.29, 0.717) is 35.7 Å². The molecule has 0 saturated heterocycles. The number of hydrogen-bond acceptors (Lipinski definition) is 2. The maximum absolute atomic E-state index is 15.2. The minimum atomic E-state index is -0.801. The van der Waals surface area contributed by atoms with E-state index in [0.717, 1.165) is 44.3 Å². The average molecular weight is 509 g/mol. The van der Waals surface area contributed by atoms with Crippen LogP contribution in [0.2, 0.25) is 0 Å². The predicted molar refractivity (Wildman–Crippen MR) is 143 cm³/mol. The van der Waals surface area contributed by atoms with E-state index in [1.165, 1.54) is 6.07 Å². The quantitative estimate of drug-likeness (QED) is 0.254. The molecule has 0 N–H and O–H groups in total. The summed E-state index contributed by atoms with van der Waals surface area (Å²) in [7, 11) is 0. The molecule has 5 heteroatoms. The van der Waals surface area contributed by atoms with Gasteiger partial charge in [0.2, 0.25) is 0 Å². The second-order valence-electron chi connectivity index (χ2n) is 9.64. The van der Waals surface area contributed by atoms with Gasteiger partial charge in [-0.25, -0.2) is 13.2 Å². The van der Waals surface area contributed by atoms with Gasteiger partial charge in [-0.3, -0.25) is 0 Å². The average Bonchev–Trinajstić information content (AvgIpc) is 2.91. The van der Waals surface area contributed by atoms with Crippen molar-refractivity contribution >= 4 is 6.08 Å². The Balaban J connectivity index is 1.37. The maximum atomic E-state index is 15.2. The molecule has 196 valence electrons. The van der Waals surface area contributed by atoms with Gasteiger partial charge in [0, 0.05) is 17.2 Å². The summed E-state index contributed by atoms with van der Waals surface area (Å²) in [5.41, 5.74) is 1.85. The van der Waals surface area contributed by atoms with E-state index in [-0.39, 0.29) is 23.2 Å². The van der Waals surface area contributed by atoms with Crippen LogP contribution in [0.15, 0.2) is 60.7 Å². The highest BCUT2D eigenvalue weighted by atomic mass is 19.2. The Kier molecular flexibility index (Phi) is 9.32. The van der Waals surface area contributed by atoms with Gasteiger partial charge >= 0.3 is 0 Å². The lowest BCUT2D eigenvalue weighted by Gasteiger charge is -2.27. The van der Waals surface area contributed by atoms with Crippen LogP contribution in [0.3, 0.4) is 0 Å². The molecule has 0 aliphatic heterocycles. The summed E-state index contributed by atoms with van der Waals surface area (Å²) in [5.74, 6) is -0.358. The second kappa shape index (κ2) is 12.8. The first kappa shape index (κ1) is 26.8. The molecule has 3 aromatic rings. The molecule has 1 aliphatic rings. The first-order valence-electron chi connectivity index (χ1n) is 13.3. The molecule has 1 saturated carbocycles. The zero-order valence-electron chi connectivity index (χ0n) is 21.6. The number of halogens is 3. The normalized spacial score (nSPS) is 17.8. The van der Waals surface area contributed by atoms with Crippen LogP contribution in [0.5, 0.6) is 11.5 Å². The molecule has 4 rings (SSSR count). The van der Waals surface area contributed by atoms with Crippen molar-refractivity contribution in [3.63, 3.8) is 0 Å². The van der Waals surface area contributed by atoms with Crippen LogP contribution in [-0.4, -0.2) is 13.2 Å². The van der Waals surface area contributed by atoms with Crippen molar-refractivity contribution in [1.29, 1.82) is 0 Å². The zero-order valence-corrected chi connectivity index (χ0v) is 21.6. The number of ether oxygens (including phenoxy) is 2. The Bertz CT molecular complexity index is 1200. The molecule has 0 amide bonds. The first-order valence-corrected chi connectivity index (χ1v) is 13.3. The molecule has 3 aromatic carbocycles. The van der Waals surface area contributed by atoms with Gasteiger partial charge in [-0.05, 0) is 86.3 Å². The lowest BCUT2D eigenvalue weighted by Crippen LogP contribution is -2.13. The zero-order chi connectivity index (χ0) is 26.2. The summed E-state index contributed by atoms with van der Waals surface area (Å²) < 4.78 is 55.6. The van der Waals surface area contributed by atoms with Crippen molar-refractivity contribution in [2.45, 2.75) is 58.3 Å². The SMILES string of the molecule is CCCCOc1ccc(-c2ccc(C3CCC(/C=C/c4ccc(OCC)cc4F)CC3)c(F)c2F)cc1. The third-order valence-electron chi connectivity index (χ3n) is 7.09. The molecule has 0 heterocycles. The monoisotopic (exact) mass is 508 g/mol. The van der Waals surface area contributed by atoms with Crippen molar-refractivity contribution in [3.05, 3.63) is 89.3 Å². The Labute approximate surface area is 218 Å². The number of rotatable bonds is 10. The summed E-state index contributed by atoms with van der Waals surface area (Å²) in [4.78, 5) is 0. The highest BCUT2D eigenvalue weighted by molar-refractivity contribution is 5.65. The predicted octanol–water partition coefficient (Wildman–Crippen LogP) is 9.34. The second-order valence-corrected chi connectivity index (χ2v) is 9.64. The molecule has 37 heavy (non-hydrogen) atoms. The number of unbranched alkanes of at least 4 members (excludes halogenated alkanes) is 1. The molecule has 2 nitrogen and oxygen atoms in total. The van der Waals surface area contributed by atoms with Gasteiger partial charge in [-0.1, -0.05) is 49.8 Å². The molecular weight excluding hydrogens is 473 g/mol. The van der Waals surface area contributed by atoms with Crippen molar-refractivity contribution < 1.29 is 22.6 Å². The van der Waals surface area contributed by atoms with Crippen LogP contribution in [-0.2, 0) is 0 Å². The molecule has 0 radical (unpaired) electrons. The van der Waals surface area contributed by atoms with E-state index >= 15 is 8.78 Å². The number of benzene rings is 3. The third-order valence-corrected chi connectivity index (χ3v) is 7.09. The van der Waals surface area contributed by atoms with Crippen molar-refractivity contribution in [2.75, 3.05) is 13.2 Å². The van der Waals surface area contributed by atoms with E-state index in [1.54, 1.807) is 48.5 Å². The third kappa shape index (κ3) is 6.76. The lowest BCUT2D eigenvalue weighted by atomic mass is 9.78. The van der Waals surface area contributed by atoms with E-state index in [9.17, 15) is 4.39 Å². The summed E-state index contributed by atoms with van der Waals surface area (Å²) in [6.07, 6.45) is 9.10. The van der Waals surface area contributed by atoms with Gasteiger partial charge < -0.3 is 9.47 Å². The summed E-state index contributed by atoms with van der Waals surface area (Å²) in [6, 6.07) is 15.4. The minimum absolute atomic E-state index is 0.0234. The van der Waals surface area contributed by atoms with Gasteiger partial charge in [0.05, 0.1) is 13.2 Å². The molecule has 1 fully saturated rings. The molecule has 0 bridgehead atoms. The fourth-order valence-corrected chi connectivity index (χ4v) is 4.93. The van der Waals surface area contributed by atoms with Gasteiger partial charge in [0.15, 0.2) is 11.6 Å². The highest BCUT2D eigenvalue weighted by Crippen LogP contribution is 2.39. The van der Waals surface area contributed by atoms with Gasteiger partial charge in [0.1, 0.15) is 17.3 Å². The van der Waals surface area contributed by atoms with E-state index in [1.807, 2.05) is 19.1 Å². The Morgan fingerprint density at radius 3 is 2.22 bits per heavy atom. The number of allylic oxidation sites excluding steroid dienone is 1. The van der Waals surface area contributed by atoms with Crippen LogP contribution >= 0.6 is 0 Å². The van der Waals surface area contributed by atoms with Crippen LogP contribution in [0.4, 0.5) is 13.2 Å². The molecule has 1 aliphatic carbocycles. The fourth-order valence-electron chi connectivity index (χ4n) is 4.93. The molecule has 0 unspecified atom stereocenters. The van der Waals surface area contributed by atoms with Crippen LogP contribution in [0, 0.1) is 23.4 Å². The Morgan fingerprint density at radius 2 is 1.54 bits per heavy atom. The minimum Gasteiger partial charge on any atom is -0.494 e. The van der Waals surface area contributed by atoms with E-state index in [2.05, 4.69) is 6.92 Å². The lowest BCUT2D eigenvalue weighted by molar-refractivity contribution is 0.309. The van der Waals surface area contributed by atoms with E-state index in [4.69, 9.17) is 9.47 Å². The van der Waals surface area contributed by atoms with Crippen molar-refractivity contribution in [2.24, 2.45) is 5.92 Å². The van der Waals surface area contributed by atoms with Gasteiger partial charge in [-0.2, -0.15) is 0 Å². The van der Waals surface area contributed by atoms with Gasteiger partial charge in [-0.15, -0.1) is 0 Å². The summed E-state index contributed by atoms with van der Waals surface area (Å²) >= 11 is 0. The summed E-state index contributed by atoms with van der Waals surface area (Å²) in [6.45, 7) is 5.10. The smallest absolute Gasteiger partial charge is 0.166 e. The molecule has 0 spiro atoms. The molecule has 0 aromatic heterocycles. The van der Waals surface area contributed by atoms with Crippen LogP contribution in [0.1, 0.15) is 69.4 Å². The first-order chi connectivity index (χ1) is 18.0. The highest BCUT2D eigenvalue weighted by Gasteiger charge is 2.26. The van der Waals surface area contributed by atoms with Crippen LogP contribution in [0.25, 0.3) is 17.2 Å². The Morgan fingerprint density at radius 1 is 0.811 bits per heavy atom. The standard InChI is InChI=1S/C32H35F3O2/c1-3-5-20-37-26-15-12-24(13-16-26)29-19-18-28(31(34)32(29)35)23-9-6-22(7-10-23)8-11-25-14-17-27(36-4-2)21-30(25)33/h8,11-19,21-23H,3-7,9-10,20H2,1-2H3/b11-8+. The van der Waals surface area contributed by atoms with Gasteiger partial charge in [0.25, 0.3) is 0 Å². The summed E-state index contributed by atoms with van der Waals surface area (Å²) in [5, 5.41) is 0. The number of hydrogen-bond donors (Lipinski definition) is 0. The topological polar surface area (TPSA) is 18.5 Å². The molecular formula is C32H35F3O2.